The maximum atomic E-state index is 4.41. The minimum atomic E-state index is 0.499. The van der Waals surface area contributed by atoms with Crippen LogP contribution in [0.4, 0.5) is 5.82 Å². The van der Waals surface area contributed by atoms with Gasteiger partial charge in [0, 0.05) is 25.0 Å². The van der Waals surface area contributed by atoms with E-state index in [1.165, 1.54) is 0 Å². The Bertz CT molecular complexity index is 458. The summed E-state index contributed by atoms with van der Waals surface area (Å²) in [6.07, 6.45) is 4.76. The van der Waals surface area contributed by atoms with Gasteiger partial charge >= 0.3 is 0 Å². The minimum absolute atomic E-state index is 0.499. The molecule has 1 fully saturated rings. The van der Waals surface area contributed by atoms with Crippen molar-refractivity contribution in [3.8, 4) is 0 Å². The van der Waals surface area contributed by atoms with Gasteiger partial charge in [0.1, 0.15) is 5.82 Å². The molecule has 1 saturated heterocycles. The van der Waals surface area contributed by atoms with Gasteiger partial charge in [-0.1, -0.05) is 0 Å². The van der Waals surface area contributed by atoms with Crippen molar-refractivity contribution in [2.45, 2.75) is 12.5 Å². The number of anilines is 1. The van der Waals surface area contributed by atoms with Crippen LogP contribution in [0.5, 0.6) is 0 Å². The first-order valence-electron chi connectivity index (χ1n) is 5.19. The largest absolute Gasteiger partial charge is 0.365 e. The maximum Gasteiger partial charge on any atom is 0.153 e. The third-order valence-corrected chi connectivity index (χ3v) is 2.67. The molecule has 0 aromatic carbocycles. The second kappa shape index (κ2) is 3.51. The topological polar surface area (TPSA) is 54.2 Å². The van der Waals surface area contributed by atoms with Crippen LogP contribution in [0.3, 0.4) is 0 Å². The van der Waals surface area contributed by atoms with Crippen molar-refractivity contribution in [3.05, 3.63) is 24.5 Å². The number of nitrogens with zero attached hydrogens (tertiary/aromatic N) is 3. The molecule has 0 unspecified atom stereocenters. The van der Waals surface area contributed by atoms with E-state index in [9.17, 15) is 0 Å². The number of hydrogen-bond donors (Lipinski definition) is 2. The van der Waals surface area contributed by atoms with E-state index in [0.29, 0.717) is 6.04 Å². The second-order valence-corrected chi connectivity index (χ2v) is 3.78. The highest BCUT2D eigenvalue weighted by Crippen LogP contribution is 2.09. The predicted octanol–water partition coefficient (Wildman–Crippen LogP) is 0.503. The molecule has 15 heavy (non-hydrogen) atoms. The lowest BCUT2D eigenvalue weighted by Gasteiger charge is -2.11. The van der Waals surface area contributed by atoms with Crippen molar-refractivity contribution >= 4 is 11.5 Å². The zero-order valence-corrected chi connectivity index (χ0v) is 8.35. The van der Waals surface area contributed by atoms with Crippen LogP contribution in [0.1, 0.15) is 6.42 Å². The number of hydrogen-bond acceptors (Lipinski definition) is 4. The van der Waals surface area contributed by atoms with Crippen LogP contribution in [0, 0.1) is 0 Å². The molecule has 2 aromatic heterocycles. The lowest BCUT2D eigenvalue weighted by Crippen LogP contribution is -2.23. The Labute approximate surface area is 87.5 Å². The van der Waals surface area contributed by atoms with E-state index in [0.717, 1.165) is 31.0 Å². The highest BCUT2D eigenvalue weighted by molar-refractivity contribution is 5.44. The van der Waals surface area contributed by atoms with Gasteiger partial charge in [-0.25, -0.2) is 9.50 Å². The molecule has 0 aliphatic carbocycles. The van der Waals surface area contributed by atoms with Gasteiger partial charge < -0.3 is 10.6 Å². The van der Waals surface area contributed by atoms with Crippen LogP contribution in [0.25, 0.3) is 5.65 Å². The SMILES string of the molecule is c1cn2nc(N[C@@H]3CCNC3)ccc2n1. The molecule has 5 heteroatoms. The van der Waals surface area contributed by atoms with Crippen LogP contribution in [0.2, 0.25) is 0 Å². The Morgan fingerprint density at radius 2 is 2.47 bits per heavy atom. The third-order valence-electron chi connectivity index (χ3n) is 2.67. The molecule has 0 spiro atoms. The van der Waals surface area contributed by atoms with Crippen molar-refractivity contribution in [2.75, 3.05) is 18.4 Å². The lowest BCUT2D eigenvalue weighted by atomic mass is 10.2. The monoisotopic (exact) mass is 203 g/mol. The van der Waals surface area contributed by atoms with E-state index in [2.05, 4.69) is 20.7 Å². The van der Waals surface area contributed by atoms with Gasteiger partial charge in [0.2, 0.25) is 0 Å². The molecule has 3 rings (SSSR count). The molecule has 0 radical (unpaired) electrons. The van der Waals surface area contributed by atoms with E-state index in [-0.39, 0.29) is 0 Å². The summed E-state index contributed by atoms with van der Waals surface area (Å²) in [5.74, 6) is 0.911. The number of fused-ring (bicyclic) bond motifs is 1. The molecule has 78 valence electrons. The molecule has 0 saturated carbocycles. The third kappa shape index (κ3) is 1.66. The smallest absolute Gasteiger partial charge is 0.153 e. The van der Waals surface area contributed by atoms with Gasteiger partial charge in [0.25, 0.3) is 0 Å². The molecule has 1 aliphatic heterocycles. The van der Waals surface area contributed by atoms with Crippen LogP contribution >= 0.6 is 0 Å². The fourth-order valence-electron chi connectivity index (χ4n) is 1.88. The van der Waals surface area contributed by atoms with E-state index in [4.69, 9.17) is 0 Å². The standard InChI is InChI=1S/C10H13N5/c1-2-10-12-5-6-15(10)14-9(1)13-8-3-4-11-7-8/h1-2,5-6,8,11H,3-4,7H2,(H,13,14)/t8-/m1/s1. The Morgan fingerprint density at radius 1 is 1.47 bits per heavy atom. The Kier molecular flexibility index (Phi) is 2.03. The summed E-state index contributed by atoms with van der Waals surface area (Å²) in [4.78, 5) is 4.15. The highest BCUT2D eigenvalue weighted by atomic mass is 15.3. The molecule has 0 bridgehead atoms. The average molecular weight is 203 g/mol. The fourth-order valence-corrected chi connectivity index (χ4v) is 1.88. The van der Waals surface area contributed by atoms with Gasteiger partial charge in [0.15, 0.2) is 5.65 Å². The molecular weight excluding hydrogens is 190 g/mol. The minimum Gasteiger partial charge on any atom is -0.365 e. The van der Waals surface area contributed by atoms with E-state index in [1.807, 2.05) is 18.3 Å². The predicted molar refractivity (Wildman–Crippen MR) is 57.9 cm³/mol. The quantitative estimate of drug-likeness (QED) is 0.746. The summed E-state index contributed by atoms with van der Waals surface area (Å²) < 4.78 is 1.78. The average Bonchev–Trinajstić information content (AvgIpc) is 2.87. The highest BCUT2D eigenvalue weighted by Gasteiger charge is 2.14. The molecule has 2 N–H and O–H groups in total. The number of rotatable bonds is 2. The van der Waals surface area contributed by atoms with Crippen LogP contribution in [0.15, 0.2) is 24.5 Å². The summed E-state index contributed by atoms with van der Waals surface area (Å²) in [5.41, 5.74) is 0.880. The van der Waals surface area contributed by atoms with Crippen LogP contribution < -0.4 is 10.6 Å². The Balaban J connectivity index is 1.84. The van der Waals surface area contributed by atoms with Crippen molar-refractivity contribution in [3.63, 3.8) is 0 Å². The van der Waals surface area contributed by atoms with Gasteiger partial charge in [-0.15, -0.1) is 5.10 Å². The first-order valence-corrected chi connectivity index (χ1v) is 5.19. The zero-order chi connectivity index (χ0) is 10.1. The zero-order valence-electron chi connectivity index (χ0n) is 8.35. The van der Waals surface area contributed by atoms with E-state index in [1.54, 1.807) is 10.7 Å². The number of aromatic nitrogens is 3. The lowest BCUT2D eigenvalue weighted by molar-refractivity contribution is 0.778. The number of imidazole rings is 1. The molecule has 3 heterocycles. The van der Waals surface area contributed by atoms with Crippen molar-refractivity contribution in [2.24, 2.45) is 0 Å². The first kappa shape index (κ1) is 8.67. The van der Waals surface area contributed by atoms with Gasteiger partial charge in [0.05, 0.1) is 0 Å². The molecule has 2 aromatic rings. The molecule has 5 nitrogen and oxygen atoms in total. The van der Waals surface area contributed by atoms with Gasteiger partial charge in [-0.05, 0) is 25.1 Å². The summed E-state index contributed by atoms with van der Waals surface area (Å²) in [6.45, 7) is 2.11. The summed E-state index contributed by atoms with van der Waals surface area (Å²) in [5, 5.41) is 11.1. The first-order chi connectivity index (χ1) is 7.42. The summed E-state index contributed by atoms with van der Waals surface area (Å²) >= 11 is 0. The molecular formula is C10H13N5. The van der Waals surface area contributed by atoms with Crippen molar-refractivity contribution < 1.29 is 0 Å². The van der Waals surface area contributed by atoms with Gasteiger partial charge in [-0.3, -0.25) is 0 Å². The second-order valence-electron chi connectivity index (χ2n) is 3.78. The Hall–Kier alpha value is -1.62. The Morgan fingerprint density at radius 3 is 3.33 bits per heavy atom. The van der Waals surface area contributed by atoms with Gasteiger partial charge in [-0.2, -0.15) is 0 Å². The molecule has 1 atom stereocenters. The maximum absolute atomic E-state index is 4.41. The van der Waals surface area contributed by atoms with Crippen LogP contribution in [-0.2, 0) is 0 Å². The summed E-state index contributed by atoms with van der Waals surface area (Å²) in [6, 6.07) is 4.44. The van der Waals surface area contributed by atoms with E-state index < -0.39 is 0 Å². The molecule has 0 amide bonds. The fraction of sp³-hybridized carbons (Fsp3) is 0.400. The van der Waals surface area contributed by atoms with Crippen molar-refractivity contribution in [1.82, 2.24) is 19.9 Å². The summed E-state index contributed by atoms with van der Waals surface area (Å²) in [7, 11) is 0. The normalized spacial score (nSPS) is 20.9. The van der Waals surface area contributed by atoms with Crippen molar-refractivity contribution in [1.29, 1.82) is 0 Å². The number of nitrogens with one attached hydrogen (secondary N) is 2. The molecule has 1 aliphatic rings. The van der Waals surface area contributed by atoms with Crippen LogP contribution in [-0.4, -0.2) is 33.7 Å². The van der Waals surface area contributed by atoms with E-state index >= 15 is 0 Å².